The zero-order chi connectivity index (χ0) is 22.7. The van der Waals surface area contributed by atoms with Crippen LogP contribution in [-0.2, 0) is 14.8 Å². The van der Waals surface area contributed by atoms with Gasteiger partial charge in [-0.3, -0.25) is 9.52 Å². The van der Waals surface area contributed by atoms with Crippen LogP contribution in [0.1, 0.15) is 6.42 Å². The lowest BCUT2D eigenvalue weighted by molar-refractivity contribution is -0.116. The standard InChI is InChI=1S/C23H23N3O4S2/c1-30-20-15-16(11-12-17(20)25-32(2,28)29)24-23(27)13-14-26-18-7-3-5-9-21(18)31-22-10-6-4-8-19(22)26/h3-12,15,25H,13-14H2,1-2H3,(H,24,27). The van der Waals surface area contributed by atoms with Crippen LogP contribution in [0.2, 0.25) is 0 Å². The van der Waals surface area contributed by atoms with Gasteiger partial charge in [0.25, 0.3) is 0 Å². The van der Waals surface area contributed by atoms with Crippen LogP contribution in [0.15, 0.2) is 76.5 Å². The largest absolute Gasteiger partial charge is 0.494 e. The normalized spacial score (nSPS) is 12.5. The molecule has 0 atom stereocenters. The van der Waals surface area contributed by atoms with E-state index in [1.165, 1.54) is 7.11 Å². The Morgan fingerprint density at radius 1 is 1.00 bits per heavy atom. The smallest absolute Gasteiger partial charge is 0.229 e. The summed E-state index contributed by atoms with van der Waals surface area (Å²) in [7, 11) is -2.00. The molecule has 4 rings (SSSR count). The van der Waals surface area contributed by atoms with Crippen molar-refractivity contribution in [3.63, 3.8) is 0 Å². The summed E-state index contributed by atoms with van der Waals surface area (Å²) in [5.41, 5.74) is 3.01. The Hall–Kier alpha value is -3.17. The first kappa shape index (κ1) is 22.0. The van der Waals surface area contributed by atoms with Gasteiger partial charge < -0.3 is 15.0 Å². The molecule has 0 saturated heterocycles. The van der Waals surface area contributed by atoms with Crippen molar-refractivity contribution >= 4 is 50.4 Å². The molecule has 2 N–H and O–H groups in total. The first-order valence-electron chi connectivity index (χ1n) is 9.93. The Morgan fingerprint density at radius 3 is 2.22 bits per heavy atom. The highest BCUT2D eigenvalue weighted by Gasteiger charge is 2.23. The zero-order valence-electron chi connectivity index (χ0n) is 17.7. The number of anilines is 4. The molecule has 0 aromatic heterocycles. The first-order chi connectivity index (χ1) is 15.3. The Morgan fingerprint density at radius 2 is 1.62 bits per heavy atom. The number of methoxy groups -OCH3 is 1. The number of nitrogens with zero attached hydrogens (tertiary/aromatic N) is 1. The highest BCUT2D eigenvalue weighted by atomic mass is 32.2. The van der Waals surface area contributed by atoms with Gasteiger partial charge in [-0.05, 0) is 36.4 Å². The van der Waals surface area contributed by atoms with Crippen LogP contribution in [-0.4, -0.2) is 34.2 Å². The number of nitrogens with one attached hydrogen (secondary N) is 2. The number of fused-ring (bicyclic) bond motifs is 2. The fourth-order valence-electron chi connectivity index (χ4n) is 3.51. The van der Waals surface area contributed by atoms with Crippen LogP contribution in [0.4, 0.5) is 22.7 Å². The molecule has 0 bridgehead atoms. The molecule has 3 aromatic rings. The second-order valence-electron chi connectivity index (χ2n) is 7.28. The van der Waals surface area contributed by atoms with Crippen LogP contribution in [0.25, 0.3) is 0 Å². The number of ether oxygens (including phenoxy) is 1. The molecule has 0 fully saturated rings. The number of carbonyl (C=O) groups is 1. The Balaban J connectivity index is 1.47. The molecule has 0 radical (unpaired) electrons. The van der Waals surface area contributed by atoms with E-state index < -0.39 is 10.0 Å². The van der Waals surface area contributed by atoms with Gasteiger partial charge in [-0.15, -0.1) is 0 Å². The maximum absolute atomic E-state index is 12.7. The number of hydrogen-bond acceptors (Lipinski definition) is 6. The molecule has 0 aliphatic carbocycles. The third-order valence-corrected chi connectivity index (χ3v) is 6.60. The van der Waals surface area contributed by atoms with E-state index >= 15 is 0 Å². The molecule has 0 unspecified atom stereocenters. The van der Waals surface area contributed by atoms with Crippen LogP contribution in [0.3, 0.4) is 0 Å². The second-order valence-corrected chi connectivity index (χ2v) is 10.1. The molecule has 3 aromatic carbocycles. The fourth-order valence-corrected chi connectivity index (χ4v) is 5.18. The van der Waals surface area contributed by atoms with Gasteiger partial charge in [-0.1, -0.05) is 36.0 Å². The third kappa shape index (κ3) is 5.00. The van der Waals surface area contributed by atoms with E-state index in [0.717, 1.165) is 27.4 Å². The second kappa shape index (κ2) is 9.13. The van der Waals surface area contributed by atoms with Gasteiger partial charge in [0.1, 0.15) is 5.75 Å². The van der Waals surface area contributed by atoms with Crippen LogP contribution in [0.5, 0.6) is 5.75 Å². The van der Waals surface area contributed by atoms with E-state index in [4.69, 9.17) is 4.74 Å². The lowest BCUT2D eigenvalue weighted by Crippen LogP contribution is -2.25. The maximum Gasteiger partial charge on any atom is 0.229 e. The van der Waals surface area contributed by atoms with Gasteiger partial charge in [-0.2, -0.15) is 0 Å². The van der Waals surface area contributed by atoms with E-state index in [0.29, 0.717) is 23.7 Å². The molecule has 9 heteroatoms. The summed E-state index contributed by atoms with van der Waals surface area (Å²) < 4.78 is 30.7. The number of hydrogen-bond donors (Lipinski definition) is 2. The minimum atomic E-state index is -3.44. The lowest BCUT2D eigenvalue weighted by atomic mass is 10.2. The molecule has 166 valence electrons. The van der Waals surface area contributed by atoms with Crippen molar-refractivity contribution in [3.8, 4) is 5.75 Å². The summed E-state index contributed by atoms with van der Waals surface area (Å²) in [6, 6.07) is 21.1. The molecular formula is C23H23N3O4S2. The van der Waals surface area contributed by atoms with Gasteiger partial charge in [0.15, 0.2) is 0 Å². The highest BCUT2D eigenvalue weighted by molar-refractivity contribution is 7.99. The topological polar surface area (TPSA) is 87.7 Å². The van der Waals surface area contributed by atoms with Crippen LogP contribution >= 0.6 is 11.8 Å². The fraction of sp³-hybridized carbons (Fsp3) is 0.174. The molecule has 32 heavy (non-hydrogen) atoms. The number of para-hydroxylation sites is 2. The summed E-state index contributed by atoms with van der Waals surface area (Å²) in [4.78, 5) is 17.2. The minimum absolute atomic E-state index is 0.149. The van der Waals surface area contributed by atoms with Crippen molar-refractivity contribution in [3.05, 3.63) is 66.7 Å². The predicted octanol–water partition coefficient (Wildman–Crippen LogP) is 4.70. The van der Waals surface area contributed by atoms with Gasteiger partial charge in [-0.25, -0.2) is 8.42 Å². The Bertz CT molecular complexity index is 1220. The van der Waals surface area contributed by atoms with Gasteiger partial charge in [0, 0.05) is 34.5 Å². The SMILES string of the molecule is COc1cc(NC(=O)CCN2c3ccccc3Sc3ccccc32)ccc1NS(C)(=O)=O. The van der Waals surface area contributed by atoms with Crippen LogP contribution in [0, 0.1) is 0 Å². The average molecular weight is 470 g/mol. The molecule has 1 heterocycles. The summed E-state index contributed by atoms with van der Waals surface area (Å²) in [5, 5.41) is 2.87. The van der Waals surface area contributed by atoms with Crippen LogP contribution < -0.4 is 19.7 Å². The number of amides is 1. The Labute approximate surface area is 191 Å². The molecular weight excluding hydrogens is 446 g/mol. The van der Waals surface area contributed by atoms with Crippen molar-refractivity contribution in [1.29, 1.82) is 0 Å². The summed E-state index contributed by atoms with van der Waals surface area (Å²) >= 11 is 1.73. The van der Waals surface area contributed by atoms with E-state index in [1.54, 1.807) is 30.0 Å². The molecule has 0 saturated carbocycles. The number of carbonyl (C=O) groups excluding carboxylic acids is 1. The monoisotopic (exact) mass is 469 g/mol. The quantitative estimate of drug-likeness (QED) is 0.522. The minimum Gasteiger partial charge on any atom is -0.494 e. The van der Waals surface area contributed by atoms with Gasteiger partial charge in [0.2, 0.25) is 15.9 Å². The number of sulfonamides is 1. The van der Waals surface area contributed by atoms with E-state index in [1.807, 2.05) is 24.3 Å². The molecule has 1 amide bonds. The van der Waals surface area contributed by atoms with Crippen molar-refractivity contribution < 1.29 is 17.9 Å². The summed E-state index contributed by atoms with van der Waals surface area (Å²) in [5.74, 6) is 0.174. The lowest BCUT2D eigenvalue weighted by Gasteiger charge is -2.32. The molecule has 1 aliphatic rings. The third-order valence-electron chi connectivity index (χ3n) is 4.88. The first-order valence-corrected chi connectivity index (χ1v) is 12.6. The zero-order valence-corrected chi connectivity index (χ0v) is 19.3. The van der Waals surface area contributed by atoms with Crippen molar-refractivity contribution in [2.24, 2.45) is 0 Å². The van der Waals surface area contributed by atoms with Crippen molar-refractivity contribution in [2.45, 2.75) is 16.2 Å². The number of rotatable bonds is 7. The maximum atomic E-state index is 12.7. The molecule has 7 nitrogen and oxygen atoms in total. The Kier molecular flexibility index (Phi) is 6.29. The van der Waals surface area contributed by atoms with Gasteiger partial charge >= 0.3 is 0 Å². The van der Waals surface area contributed by atoms with Crippen molar-refractivity contribution in [2.75, 3.05) is 34.8 Å². The highest BCUT2D eigenvalue weighted by Crippen LogP contribution is 2.47. The average Bonchev–Trinajstić information content (AvgIpc) is 2.76. The van der Waals surface area contributed by atoms with Crippen molar-refractivity contribution in [1.82, 2.24) is 0 Å². The summed E-state index contributed by atoms with van der Waals surface area (Å²) in [6.07, 6.45) is 1.34. The molecule has 1 aliphatic heterocycles. The van der Waals surface area contributed by atoms with Gasteiger partial charge in [0.05, 0.1) is 30.4 Å². The van der Waals surface area contributed by atoms with E-state index in [9.17, 15) is 13.2 Å². The summed E-state index contributed by atoms with van der Waals surface area (Å²) in [6.45, 7) is 0.519. The van der Waals surface area contributed by atoms with E-state index in [-0.39, 0.29) is 12.3 Å². The number of benzene rings is 3. The molecule has 0 spiro atoms. The van der Waals surface area contributed by atoms with E-state index in [2.05, 4.69) is 39.2 Å². The predicted molar refractivity (Wildman–Crippen MR) is 129 cm³/mol.